The normalized spacial score (nSPS) is 28.4. The summed E-state index contributed by atoms with van der Waals surface area (Å²) in [6.45, 7) is 0.973. The number of nitrogens with one attached hydrogen (secondary N) is 1. The smallest absolute Gasteiger partial charge is 0.156 e. The van der Waals surface area contributed by atoms with E-state index >= 15 is 0 Å². The van der Waals surface area contributed by atoms with Crippen LogP contribution in [0.1, 0.15) is 19.3 Å². The minimum atomic E-state index is 0.0961. The lowest BCUT2D eigenvalue weighted by Gasteiger charge is -2.21. The van der Waals surface area contributed by atoms with E-state index in [1.54, 1.807) is 0 Å². The van der Waals surface area contributed by atoms with Gasteiger partial charge in [-0.3, -0.25) is 0 Å². The highest BCUT2D eigenvalue weighted by Crippen LogP contribution is 2.06. The first-order valence-electron chi connectivity index (χ1n) is 3.55. The molecule has 0 aromatic rings. The van der Waals surface area contributed by atoms with Gasteiger partial charge in [0.2, 0.25) is 0 Å². The number of piperidine rings is 1. The van der Waals surface area contributed by atoms with Crippen molar-refractivity contribution in [1.82, 2.24) is 5.32 Å². The van der Waals surface area contributed by atoms with Gasteiger partial charge in [-0.1, -0.05) is 11.6 Å². The Hall–Kier alpha value is -0.770. The topological polar surface area (TPSA) is 70.6 Å². The van der Waals surface area contributed by atoms with E-state index in [0.717, 1.165) is 19.4 Å². The van der Waals surface area contributed by atoms with Gasteiger partial charge >= 0.3 is 0 Å². The van der Waals surface area contributed by atoms with Crippen LogP contribution in [-0.2, 0) is 0 Å². The molecule has 0 unspecified atom stereocenters. The van der Waals surface area contributed by atoms with Crippen molar-refractivity contribution in [2.75, 3.05) is 6.54 Å². The molecule has 1 rings (SSSR count). The van der Waals surface area contributed by atoms with Crippen LogP contribution < -0.4 is 11.1 Å². The molecule has 0 aromatic heterocycles. The molecule has 4 heteroatoms. The van der Waals surface area contributed by atoms with Crippen molar-refractivity contribution >= 4 is 5.84 Å². The second-order valence-electron chi connectivity index (χ2n) is 2.53. The second-order valence-corrected chi connectivity index (χ2v) is 2.53. The molecular formula is C6H13N3O. The maximum absolute atomic E-state index is 8.31. The Bertz CT molecular complexity index is 129. The van der Waals surface area contributed by atoms with Crippen molar-refractivity contribution in [2.24, 2.45) is 10.9 Å². The van der Waals surface area contributed by atoms with E-state index in [0.29, 0.717) is 5.84 Å². The first-order valence-corrected chi connectivity index (χ1v) is 3.55. The molecule has 1 fully saturated rings. The summed E-state index contributed by atoms with van der Waals surface area (Å²) in [7, 11) is 0. The lowest BCUT2D eigenvalue weighted by molar-refractivity contribution is 0.312. The first kappa shape index (κ1) is 7.34. The second kappa shape index (κ2) is 3.41. The predicted octanol–water partition coefficient (Wildman–Crippen LogP) is -0.125. The fourth-order valence-corrected chi connectivity index (χ4v) is 1.17. The van der Waals surface area contributed by atoms with Crippen molar-refractivity contribution < 1.29 is 5.21 Å². The van der Waals surface area contributed by atoms with Crippen molar-refractivity contribution in [1.29, 1.82) is 0 Å². The zero-order valence-electron chi connectivity index (χ0n) is 5.88. The Labute approximate surface area is 60.1 Å². The fourth-order valence-electron chi connectivity index (χ4n) is 1.17. The van der Waals surface area contributed by atoms with Gasteiger partial charge in [-0.15, -0.1) is 0 Å². The van der Waals surface area contributed by atoms with Crippen LogP contribution in [0.5, 0.6) is 0 Å². The molecule has 0 aliphatic carbocycles. The maximum Gasteiger partial charge on any atom is 0.156 e. The third-order valence-corrected chi connectivity index (χ3v) is 1.78. The highest BCUT2D eigenvalue weighted by molar-refractivity contribution is 5.85. The number of amidine groups is 1. The van der Waals surface area contributed by atoms with Crippen LogP contribution in [0.3, 0.4) is 0 Å². The molecule has 58 valence electrons. The van der Waals surface area contributed by atoms with E-state index in [4.69, 9.17) is 10.9 Å². The third-order valence-electron chi connectivity index (χ3n) is 1.78. The van der Waals surface area contributed by atoms with Gasteiger partial charge < -0.3 is 16.3 Å². The molecule has 4 nitrogen and oxygen atoms in total. The number of rotatable bonds is 1. The zero-order chi connectivity index (χ0) is 7.40. The lowest BCUT2D eigenvalue weighted by Crippen LogP contribution is -2.44. The quantitative estimate of drug-likeness (QED) is 0.207. The summed E-state index contributed by atoms with van der Waals surface area (Å²) < 4.78 is 0. The van der Waals surface area contributed by atoms with Gasteiger partial charge in [0.25, 0.3) is 0 Å². The van der Waals surface area contributed by atoms with Gasteiger partial charge in [0.1, 0.15) is 0 Å². The Morgan fingerprint density at radius 3 is 2.90 bits per heavy atom. The Balaban J connectivity index is 2.39. The molecule has 0 saturated carbocycles. The first-order chi connectivity index (χ1) is 4.84. The van der Waals surface area contributed by atoms with Gasteiger partial charge in [-0.2, -0.15) is 0 Å². The van der Waals surface area contributed by atoms with E-state index in [1.165, 1.54) is 6.42 Å². The average molecular weight is 143 g/mol. The predicted molar refractivity (Wildman–Crippen MR) is 39.1 cm³/mol. The van der Waals surface area contributed by atoms with Crippen LogP contribution >= 0.6 is 0 Å². The molecular weight excluding hydrogens is 130 g/mol. The van der Waals surface area contributed by atoms with Crippen molar-refractivity contribution in [3.63, 3.8) is 0 Å². The summed E-state index contributed by atoms with van der Waals surface area (Å²) >= 11 is 0. The van der Waals surface area contributed by atoms with E-state index in [1.807, 2.05) is 0 Å². The van der Waals surface area contributed by atoms with E-state index in [2.05, 4.69) is 10.5 Å². The fraction of sp³-hybridized carbons (Fsp3) is 0.833. The standard InChI is InChI=1S/C6H13N3O/c7-6(9-10)5-3-1-2-4-8-5/h5,8,10H,1-4H2,(H2,7,9)/t5-/m1/s1. The average Bonchev–Trinajstić information content (AvgIpc) is 2.05. The summed E-state index contributed by atoms with van der Waals surface area (Å²) in [5.41, 5.74) is 5.39. The Kier molecular flexibility index (Phi) is 2.50. The molecule has 0 radical (unpaired) electrons. The van der Waals surface area contributed by atoms with Gasteiger partial charge in [0.15, 0.2) is 5.84 Å². The van der Waals surface area contributed by atoms with Crippen LogP contribution in [0, 0.1) is 0 Å². The number of hydrogen-bond donors (Lipinski definition) is 3. The van der Waals surface area contributed by atoms with Gasteiger partial charge in [-0.25, -0.2) is 0 Å². The van der Waals surface area contributed by atoms with Crippen LogP contribution in [0.2, 0.25) is 0 Å². The molecule has 1 aliphatic rings. The van der Waals surface area contributed by atoms with E-state index < -0.39 is 0 Å². The molecule has 0 aromatic carbocycles. The maximum atomic E-state index is 8.31. The molecule has 1 saturated heterocycles. The molecule has 1 heterocycles. The van der Waals surface area contributed by atoms with Crippen LogP contribution in [0.15, 0.2) is 5.16 Å². The molecule has 1 atom stereocenters. The lowest BCUT2D eigenvalue weighted by atomic mass is 10.0. The zero-order valence-corrected chi connectivity index (χ0v) is 5.88. The molecule has 1 aliphatic heterocycles. The molecule has 10 heavy (non-hydrogen) atoms. The molecule has 0 bridgehead atoms. The van der Waals surface area contributed by atoms with Crippen LogP contribution in [0.25, 0.3) is 0 Å². The number of nitrogens with zero attached hydrogens (tertiary/aromatic N) is 1. The number of hydrogen-bond acceptors (Lipinski definition) is 3. The number of oxime groups is 1. The number of nitrogens with two attached hydrogens (primary N) is 1. The molecule has 4 N–H and O–H groups in total. The van der Waals surface area contributed by atoms with Crippen LogP contribution in [-0.4, -0.2) is 23.6 Å². The minimum absolute atomic E-state index is 0.0961. The largest absolute Gasteiger partial charge is 0.409 e. The summed E-state index contributed by atoms with van der Waals surface area (Å²) in [6.07, 6.45) is 3.33. The monoisotopic (exact) mass is 143 g/mol. The summed E-state index contributed by atoms with van der Waals surface area (Å²) in [4.78, 5) is 0. The summed E-state index contributed by atoms with van der Waals surface area (Å²) in [5, 5.41) is 14.4. The van der Waals surface area contributed by atoms with Gasteiger partial charge in [0, 0.05) is 0 Å². The van der Waals surface area contributed by atoms with Crippen molar-refractivity contribution in [2.45, 2.75) is 25.3 Å². The Morgan fingerprint density at radius 1 is 1.60 bits per heavy atom. The summed E-state index contributed by atoms with van der Waals surface area (Å²) in [6, 6.07) is 0.0961. The van der Waals surface area contributed by atoms with Crippen molar-refractivity contribution in [3.05, 3.63) is 0 Å². The highest BCUT2D eigenvalue weighted by Gasteiger charge is 2.15. The highest BCUT2D eigenvalue weighted by atomic mass is 16.4. The minimum Gasteiger partial charge on any atom is -0.409 e. The van der Waals surface area contributed by atoms with Gasteiger partial charge in [-0.05, 0) is 19.4 Å². The molecule has 0 spiro atoms. The third kappa shape index (κ3) is 1.60. The summed E-state index contributed by atoms with van der Waals surface area (Å²) in [5.74, 6) is 0.305. The van der Waals surface area contributed by atoms with E-state index in [9.17, 15) is 0 Å². The SMILES string of the molecule is N/C(=N/O)[C@H]1CCCCN1. The Morgan fingerprint density at radius 2 is 2.40 bits per heavy atom. The van der Waals surface area contributed by atoms with E-state index in [-0.39, 0.29) is 6.04 Å². The molecule has 0 amide bonds. The van der Waals surface area contributed by atoms with Crippen molar-refractivity contribution in [3.8, 4) is 0 Å². The van der Waals surface area contributed by atoms with Crippen LogP contribution in [0.4, 0.5) is 0 Å². The van der Waals surface area contributed by atoms with Gasteiger partial charge in [0.05, 0.1) is 6.04 Å².